The van der Waals surface area contributed by atoms with Crippen molar-refractivity contribution >= 4 is 16.7 Å². The number of hydrogen-bond donors (Lipinski definition) is 0. The molecule has 0 N–H and O–H groups in total. The van der Waals surface area contributed by atoms with Crippen LogP contribution in [0.5, 0.6) is 11.5 Å². The minimum Gasteiger partial charge on any atom is -0.493 e. The Bertz CT molecular complexity index is 587. The number of halogens is 2. The monoisotopic (exact) mass is 347 g/mol. The zero-order valence-corrected chi connectivity index (χ0v) is 13.8. The molecule has 2 rings (SSSR count). The molecule has 1 aromatic rings. The van der Waals surface area contributed by atoms with E-state index in [9.17, 15) is 17.8 Å². The topological polar surface area (TPSA) is 55.8 Å². The number of carbonyl (C=O) groups excluding carboxylic acids is 1. The number of methoxy groups -OCH3 is 1. The summed E-state index contributed by atoms with van der Waals surface area (Å²) in [6, 6.07) is 4.37. The molecule has 23 heavy (non-hydrogen) atoms. The molecule has 1 fully saturated rings. The summed E-state index contributed by atoms with van der Waals surface area (Å²) in [7, 11) is 2.11. The highest BCUT2D eigenvalue weighted by Crippen LogP contribution is 2.33. The standard InChI is InChI=1S/C15H19F2NO4S/c1-18(10-6-8-23(20)9-7-10)14(19)11-4-3-5-12(21-2)13(11)22-15(16)17/h3-5,10,15H,6-9H2,1-2H3. The van der Waals surface area contributed by atoms with Crippen LogP contribution >= 0.6 is 0 Å². The fourth-order valence-electron chi connectivity index (χ4n) is 2.58. The molecule has 0 aromatic heterocycles. The smallest absolute Gasteiger partial charge is 0.387 e. The Labute approximate surface area is 136 Å². The summed E-state index contributed by atoms with van der Waals surface area (Å²) in [4.78, 5) is 14.2. The summed E-state index contributed by atoms with van der Waals surface area (Å²) in [5.41, 5.74) is 0.0267. The molecule has 0 bridgehead atoms. The van der Waals surface area contributed by atoms with Crippen molar-refractivity contribution in [1.29, 1.82) is 0 Å². The van der Waals surface area contributed by atoms with Crippen molar-refractivity contribution in [3.8, 4) is 11.5 Å². The van der Waals surface area contributed by atoms with Gasteiger partial charge < -0.3 is 14.4 Å². The number of carbonyl (C=O) groups is 1. The van der Waals surface area contributed by atoms with Crippen molar-refractivity contribution in [3.63, 3.8) is 0 Å². The molecule has 5 nitrogen and oxygen atoms in total. The average molecular weight is 347 g/mol. The Balaban J connectivity index is 2.25. The predicted octanol–water partition coefficient (Wildman–Crippen LogP) is 2.28. The number of para-hydroxylation sites is 1. The van der Waals surface area contributed by atoms with E-state index < -0.39 is 23.3 Å². The van der Waals surface area contributed by atoms with Gasteiger partial charge in [0.15, 0.2) is 11.5 Å². The fourth-order valence-corrected chi connectivity index (χ4v) is 3.85. The van der Waals surface area contributed by atoms with Gasteiger partial charge in [-0.1, -0.05) is 6.07 Å². The van der Waals surface area contributed by atoms with E-state index in [-0.39, 0.29) is 23.1 Å². The van der Waals surface area contributed by atoms with E-state index in [1.165, 1.54) is 24.1 Å². The SMILES string of the molecule is COc1cccc(C(=O)N(C)C2CCS(=O)CC2)c1OC(F)F. The number of benzene rings is 1. The van der Waals surface area contributed by atoms with Gasteiger partial charge in [-0.15, -0.1) is 0 Å². The van der Waals surface area contributed by atoms with Crippen LogP contribution in [0.2, 0.25) is 0 Å². The lowest BCUT2D eigenvalue weighted by atomic mass is 10.1. The quantitative estimate of drug-likeness (QED) is 0.820. The first-order valence-electron chi connectivity index (χ1n) is 7.18. The van der Waals surface area contributed by atoms with Crippen LogP contribution < -0.4 is 9.47 Å². The van der Waals surface area contributed by atoms with Crippen molar-refractivity contribution in [1.82, 2.24) is 4.90 Å². The molecule has 0 unspecified atom stereocenters. The molecule has 128 valence electrons. The molecular weight excluding hydrogens is 328 g/mol. The maximum absolute atomic E-state index is 12.7. The number of rotatable bonds is 5. The molecule has 0 saturated carbocycles. The third-order valence-corrected chi connectivity index (χ3v) is 5.24. The van der Waals surface area contributed by atoms with Crippen LogP contribution in [0.25, 0.3) is 0 Å². The first-order valence-corrected chi connectivity index (χ1v) is 8.66. The second-order valence-electron chi connectivity index (χ2n) is 5.21. The first kappa shape index (κ1) is 17.7. The zero-order valence-electron chi connectivity index (χ0n) is 13.0. The molecule has 8 heteroatoms. The molecule has 0 aliphatic carbocycles. The van der Waals surface area contributed by atoms with Crippen LogP contribution in [-0.2, 0) is 10.8 Å². The predicted molar refractivity (Wildman–Crippen MR) is 82.6 cm³/mol. The Morgan fingerprint density at radius 2 is 2.00 bits per heavy atom. The molecule has 1 aliphatic rings. The van der Waals surface area contributed by atoms with Gasteiger partial charge in [0.05, 0.1) is 12.7 Å². The molecule has 0 radical (unpaired) electrons. The van der Waals surface area contributed by atoms with Crippen molar-refractivity contribution in [2.45, 2.75) is 25.5 Å². The van der Waals surface area contributed by atoms with Gasteiger partial charge in [-0.25, -0.2) is 0 Å². The number of amides is 1. The first-order chi connectivity index (χ1) is 10.9. The lowest BCUT2D eigenvalue weighted by Crippen LogP contribution is -2.41. The van der Waals surface area contributed by atoms with Crippen molar-refractivity contribution in [3.05, 3.63) is 23.8 Å². The number of nitrogens with zero attached hydrogens (tertiary/aromatic N) is 1. The highest BCUT2D eigenvalue weighted by Gasteiger charge is 2.28. The van der Waals surface area contributed by atoms with Gasteiger partial charge in [0, 0.05) is 35.4 Å². The van der Waals surface area contributed by atoms with E-state index in [0.29, 0.717) is 24.3 Å². The van der Waals surface area contributed by atoms with E-state index in [0.717, 1.165) is 0 Å². The maximum atomic E-state index is 12.7. The van der Waals surface area contributed by atoms with Gasteiger partial charge in [0.2, 0.25) is 0 Å². The fraction of sp³-hybridized carbons (Fsp3) is 0.533. The summed E-state index contributed by atoms with van der Waals surface area (Å²) >= 11 is 0. The summed E-state index contributed by atoms with van der Waals surface area (Å²) < 4.78 is 46.2. The lowest BCUT2D eigenvalue weighted by Gasteiger charge is -2.31. The Morgan fingerprint density at radius 3 is 2.57 bits per heavy atom. The number of ether oxygens (including phenoxy) is 2. The van der Waals surface area contributed by atoms with Crippen LogP contribution in [-0.4, -0.2) is 53.3 Å². The van der Waals surface area contributed by atoms with Gasteiger partial charge in [0.25, 0.3) is 5.91 Å². The lowest BCUT2D eigenvalue weighted by molar-refractivity contribution is -0.0516. The molecule has 1 saturated heterocycles. The second-order valence-corrected chi connectivity index (χ2v) is 6.91. The molecule has 0 atom stereocenters. The maximum Gasteiger partial charge on any atom is 0.387 e. The second kappa shape index (κ2) is 7.72. The van der Waals surface area contributed by atoms with Gasteiger partial charge in [-0.05, 0) is 25.0 Å². The molecule has 1 aromatic carbocycles. The summed E-state index contributed by atoms with van der Waals surface area (Å²) in [5.74, 6) is 0.481. The average Bonchev–Trinajstić information content (AvgIpc) is 2.54. The van der Waals surface area contributed by atoms with Gasteiger partial charge in [-0.2, -0.15) is 8.78 Å². The highest BCUT2D eigenvalue weighted by molar-refractivity contribution is 7.85. The van der Waals surface area contributed by atoms with Crippen LogP contribution in [0, 0.1) is 0 Å². The van der Waals surface area contributed by atoms with Crippen LogP contribution in [0.4, 0.5) is 8.78 Å². The van der Waals surface area contributed by atoms with Crippen LogP contribution in [0.15, 0.2) is 18.2 Å². The Kier molecular flexibility index (Phi) is 5.92. The Hall–Kier alpha value is -1.70. The minimum absolute atomic E-state index is 0.0267. The van der Waals surface area contributed by atoms with E-state index in [1.807, 2.05) is 0 Å². The largest absolute Gasteiger partial charge is 0.493 e. The summed E-state index contributed by atoms with van der Waals surface area (Å²) in [6.07, 6.45) is 1.26. The van der Waals surface area contributed by atoms with Crippen molar-refractivity contribution in [2.24, 2.45) is 0 Å². The van der Waals surface area contributed by atoms with Crippen LogP contribution in [0.1, 0.15) is 23.2 Å². The van der Waals surface area contributed by atoms with E-state index in [4.69, 9.17) is 4.74 Å². The molecule has 0 spiro atoms. The number of hydrogen-bond acceptors (Lipinski definition) is 4. The minimum atomic E-state index is -3.06. The van der Waals surface area contributed by atoms with Gasteiger partial charge >= 0.3 is 6.61 Å². The zero-order chi connectivity index (χ0) is 17.0. The summed E-state index contributed by atoms with van der Waals surface area (Å²) in [6.45, 7) is -3.06. The normalized spacial score (nSPS) is 21.1. The van der Waals surface area contributed by atoms with Crippen LogP contribution in [0.3, 0.4) is 0 Å². The van der Waals surface area contributed by atoms with Crippen molar-refractivity contribution < 1.29 is 27.3 Å². The van der Waals surface area contributed by atoms with Gasteiger partial charge in [-0.3, -0.25) is 9.00 Å². The van der Waals surface area contributed by atoms with E-state index >= 15 is 0 Å². The van der Waals surface area contributed by atoms with E-state index in [2.05, 4.69) is 4.74 Å². The third kappa shape index (κ3) is 4.19. The molecule has 1 amide bonds. The van der Waals surface area contributed by atoms with E-state index in [1.54, 1.807) is 13.1 Å². The summed E-state index contributed by atoms with van der Waals surface area (Å²) in [5, 5.41) is 0. The molecule has 1 heterocycles. The third-order valence-electron chi connectivity index (χ3n) is 3.86. The highest BCUT2D eigenvalue weighted by atomic mass is 32.2. The Morgan fingerprint density at radius 1 is 1.35 bits per heavy atom. The van der Waals surface area contributed by atoms with Crippen molar-refractivity contribution in [2.75, 3.05) is 25.7 Å². The van der Waals surface area contributed by atoms with Gasteiger partial charge in [0.1, 0.15) is 0 Å². The number of alkyl halides is 2. The molecular formula is C15H19F2NO4S. The molecule has 1 aliphatic heterocycles.